The Morgan fingerprint density at radius 1 is 1.10 bits per heavy atom. The standard InChI is InChI=1S/C15H22O4Si/c1-18-14(16)11-12-5-7-13(8-6-12)15(17)19-9-10-20(2,3)4/h5-8H,9-11H2,1-4H3. The largest absolute Gasteiger partial charge is 0.469 e. The maximum Gasteiger partial charge on any atom is 0.338 e. The Labute approximate surface area is 121 Å². The van der Waals surface area contributed by atoms with Crippen molar-refractivity contribution in [1.29, 1.82) is 0 Å². The van der Waals surface area contributed by atoms with Crippen LogP contribution in [0, 0.1) is 0 Å². The van der Waals surface area contributed by atoms with Gasteiger partial charge in [-0.3, -0.25) is 4.79 Å². The predicted molar refractivity (Wildman–Crippen MR) is 80.6 cm³/mol. The van der Waals surface area contributed by atoms with Crippen molar-refractivity contribution in [3.05, 3.63) is 35.4 Å². The van der Waals surface area contributed by atoms with Gasteiger partial charge in [-0.2, -0.15) is 0 Å². The summed E-state index contributed by atoms with van der Waals surface area (Å²) in [6.07, 6.45) is 0.210. The Morgan fingerprint density at radius 3 is 2.20 bits per heavy atom. The van der Waals surface area contributed by atoms with E-state index in [9.17, 15) is 9.59 Å². The summed E-state index contributed by atoms with van der Waals surface area (Å²) in [7, 11) is 0.169. The molecule has 1 aromatic rings. The lowest BCUT2D eigenvalue weighted by molar-refractivity contribution is -0.139. The highest BCUT2D eigenvalue weighted by atomic mass is 28.3. The van der Waals surface area contributed by atoms with Crippen LogP contribution in [0.4, 0.5) is 0 Å². The summed E-state index contributed by atoms with van der Waals surface area (Å²) in [6.45, 7) is 7.19. The minimum atomic E-state index is -1.19. The Morgan fingerprint density at radius 2 is 1.70 bits per heavy atom. The fourth-order valence-electron chi connectivity index (χ4n) is 1.53. The van der Waals surface area contributed by atoms with Crippen LogP contribution in [0.15, 0.2) is 24.3 Å². The van der Waals surface area contributed by atoms with Gasteiger partial charge in [0, 0.05) is 8.07 Å². The lowest BCUT2D eigenvalue weighted by Crippen LogP contribution is -2.22. The van der Waals surface area contributed by atoms with E-state index in [2.05, 4.69) is 24.4 Å². The van der Waals surface area contributed by atoms with Gasteiger partial charge in [-0.05, 0) is 23.7 Å². The molecule has 0 amide bonds. The second kappa shape index (κ2) is 7.24. The van der Waals surface area contributed by atoms with Gasteiger partial charge < -0.3 is 9.47 Å². The van der Waals surface area contributed by atoms with E-state index < -0.39 is 8.07 Å². The third-order valence-electron chi connectivity index (χ3n) is 2.85. The SMILES string of the molecule is COC(=O)Cc1ccc(C(=O)OCC[Si](C)(C)C)cc1. The van der Waals surface area contributed by atoms with E-state index in [0.29, 0.717) is 12.2 Å². The molecule has 4 nitrogen and oxygen atoms in total. The van der Waals surface area contributed by atoms with E-state index >= 15 is 0 Å². The van der Waals surface area contributed by atoms with Gasteiger partial charge in [0.2, 0.25) is 0 Å². The number of hydrogen-bond donors (Lipinski definition) is 0. The average Bonchev–Trinajstić information content (AvgIpc) is 2.37. The molecule has 0 fully saturated rings. The van der Waals surface area contributed by atoms with Crippen LogP contribution in [0.1, 0.15) is 15.9 Å². The maximum atomic E-state index is 11.8. The minimum Gasteiger partial charge on any atom is -0.469 e. The van der Waals surface area contributed by atoms with E-state index in [-0.39, 0.29) is 18.4 Å². The van der Waals surface area contributed by atoms with Gasteiger partial charge in [0.25, 0.3) is 0 Å². The number of methoxy groups -OCH3 is 1. The molecule has 0 N–H and O–H groups in total. The minimum absolute atomic E-state index is 0.210. The van der Waals surface area contributed by atoms with Crippen molar-refractivity contribution >= 4 is 20.0 Å². The summed E-state index contributed by atoms with van der Waals surface area (Å²) < 4.78 is 9.84. The summed E-state index contributed by atoms with van der Waals surface area (Å²) in [6, 6.07) is 7.79. The van der Waals surface area contributed by atoms with Crippen molar-refractivity contribution in [3.63, 3.8) is 0 Å². The fourth-order valence-corrected chi connectivity index (χ4v) is 2.25. The van der Waals surface area contributed by atoms with Crippen molar-refractivity contribution in [3.8, 4) is 0 Å². The van der Waals surface area contributed by atoms with Gasteiger partial charge in [0.05, 0.1) is 25.7 Å². The van der Waals surface area contributed by atoms with Gasteiger partial charge in [-0.25, -0.2) is 4.79 Å². The molecule has 1 rings (SSSR count). The van der Waals surface area contributed by atoms with Crippen molar-refractivity contribution < 1.29 is 19.1 Å². The third kappa shape index (κ3) is 6.01. The molecule has 0 saturated carbocycles. The number of rotatable bonds is 6. The first kappa shape index (κ1) is 16.4. The van der Waals surface area contributed by atoms with Crippen molar-refractivity contribution in [2.24, 2.45) is 0 Å². The zero-order valence-electron chi connectivity index (χ0n) is 12.6. The lowest BCUT2D eigenvalue weighted by atomic mass is 10.1. The summed E-state index contributed by atoms with van der Waals surface area (Å²) in [5.41, 5.74) is 1.32. The molecule has 20 heavy (non-hydrogen) atoms. The predicted octanol–water partition coefficient (Wildman–Crippen LogP) is 2.90. The Balaban J connectivity index is 2.51. The molecule has 0 aliphatic carbocycles. The third-order valence-corrected chi connectivity index (χ3v) is 4.56. The number of ether oxygens (including phenoxy) is 2. The number of hydrogen-bond acceptors (Lipinski definition) is 4. The van der Waals surface area contributed by atoms with Gasteiger partial charge in [-0.15, -0.1) is 0 Å². The topological polar surface area (TPSA) is 52.6 Å². The first-order chi connectivity index (χ1) is 9.31. The van der Waals surface area contributed by atoms with Crippen molar-refractivity contribution in [2.75, 3.05) is 13.7 Å². The first-order valence-electron chi connectivity index (χ1n) is 6.65. The molecule has 0 atom stereocenters. The summed E-state index contributed by atoms with van der Waals surface area (Å²) in [4.78, 5) is 22.9. The normalized spacial score (nSPS) is 11.0. The lowest BCUT2D eigenvalue weighted by Gasteiger charge is -2.15. The molecular weight excluding hydrogens is 272 g/mol. The van der Waals surface area contributed by atoms with Crippen LogP contribution < -0.4 is 0 Å². The van der Waals surface area contributed by atoms with Crippen LogP contribution in [0.25, 0.3) is 0 Å². The highest BCUT2D eigenvalue weighted by Crippen LogP contribution is 2.10. The van der Waals surface area contributed by atoms with E-state index in [0.717, 1.165) is 11.6 Å². The number of esters is 2. The summed E-state index contributed by atoms with van der Waals surface area (Å²) in [5, 5.41) is 0. The Bertz CT molecular complexity index is 460. The van der Waals surface area contributed by atoms with Crippen LogP contribution >= 0.6 is 0 Å². The van der Waals surface area contributed by atoms with Gasteiger partial charge in [0.1, 0.15) is 0 Å². The summed E-state index contributed by atoms with van der Waals surface area (Å²) >= 11 is 0. The van der Waals surface area contributed by atoms with Crippen LogP contribution in [0.3, 0.4) is 0 Å². The number of carbonyl (C=O) groups excluding carboxylic acids is 2. The van der Waals surface area contributed by atoms with Gasteiger partial charge in [-0.1, -0.05) is 31.8 Å². The van der Waals surface area contributed by atoms with Gasteiger partial charge in [0.15, 0.2) is 0 Å². The second-order valence-corrected chi connectivity index (χ2v) is 11.5. The molecular formula is C15H22O4Si. The Kier molecular flexibility index (Phi) is 5.95. The second-order valence-electron chi connectivity index (χ2n) is 5.90. The molecule has 0 heterocycles. The van der Waals surface area contributed by atoms with Crippen LogP contribution in [0.5, 0.6) is 0 Å². The molecule has 0 radical (unpaired) electrons. The summed E-state index contributed by atoms with van der Waals surface area (Å²) in [5.74, 6) is -0.608. The van der Waals surface area contributed by atoms with E-state index in [4.69, 9.17) is 4.74 Å². The van der Waals surface area contributed by atoms with E-state index in [1.165, 1.54) is 7.11 Å². The number of benzene rings is 1. The highest BCUT2D eigenvalue weighted by molar-refractivity contribution is 6.76. The van der Waals surface area contributed by atoms with Crippen molar-refractivity contribution in [1.82, 2.24) is 0 Å². The van der Waals surface area contributed by atoms with Crippen LogP contribution in [-0.2, 0) is 20.7 Å². The molecule has 0 aromatic heterocycles. The smallest absolute Gasteiger partial charge is 0.338 e. The van der Waals surface area contributed by atoms with Crippen molar-refractivity contribution in [2.45, 2.75) is 32.1 Å². The zero-order chi connectivity index (χ0) is 15.2. The van der Waals surface area contributed by atoms with Gasteiger partial charge >= 0.3 is 11.9 Å². The maximum absolute atomic E-state index is 11.8. The van der Waals surface area contributed by atoms with E-state index in [1.807, 2.05) is 0 Å². The molecule has 1 aromatic carbocycles. The average molecular weight is 294 g/mol. The Hall–Kier alpha value is -1.62. The molecule has 0 aliphatic rings. The molecule has 0 saturated heterocycles. The molecule has 0 spiro atoms. The molecule has 5 heteroatoms. The molecule has 0 aliphatic heterocycles. The monoisotopic (exact) mass is 294 g/mol. The first-order valence-corrected chi connectivity index (χ1v) is 10.4. The molecule has 110 valence electrons. The quantitative estimate of drug-likeness (QED) is 0.598. The number of carbonyl (C=O) groups is 2. The molecule has 0 unspecified atom stereocenters. The fraction of sp³-hybridized carbons (Fsp3) is 0.467. The van der Waals surface area contributed by atoms with E-state index in [1.54, 1.807) is 24.3 Å². The zero-order valence-corrected chi connectivity index (χ0v) is 13.6. The van der Waals surface area contributed by atoms with Crippen LogP contribution in [-0.4, -0.2) is 33.7 Å². The highest BCUT2D eigenvalue weighted by Gasteiger charge is 2.14. The molecule has 0 bridgehead atoms. The van der Waals surface area contributed by atoms with Crippen LogP contribution in [0.2, 0.25) is 25.7 Å².